The van der Waals surface area contributed by atoms with E-state index in [-0.39, 0.29) is 3.42 Å². The number of rotatable bonds is 2. The molecule has 0 aliphatic heterocycles. The average Bonchev–Trinajstić information content (AvgIpc) is 1.62. The monoisotopic (exact) mass is 351 g/mol. The van der Waals surface area contributed by atoms with E-state index in [0.29, 0.717) is 3.92 Å². The Labute approximate surface area is 85.5 Å². The van der Waals surface area contributed by atoms with Crippen molar-refractivity contribution in [3.63, 3.8) is 0 Å². The number of halogens is 2. The van der Waals surface area contributed by atoms with Crippen molar-refractivity contribution in [2.45, 2.75) is 28.1 Å². The van der Waals surface area contributed by atoms with E-state index in [1.165, 1.54) is 0 Å². The Morgan fingerprint density at radius 2 is 1.78 bits per heavy atom. The molecule has 0 bridgehead atoms. The topological polar surface area (TPSA) is 0 Å². The molecule has 0 spiro atoms. The lowest BCUT2D eigenvalue weighted by Crippen LogP contribution is -2.28. The van der Waals surface area contributed by atoms with Crippen LogP contribution in [0, 0.1) is 12.8 Å². The van der Waals surface area contributed by atoms with Crippen LogP contribution in [0.2, 0.25) is 0 Å². The molecule has 0 aromatic heterocycles. The van der Waals surface area contributed by atoms with Crippen molar-refractivity contribution in [2.24, 2.45) is 5.92 Å². The molecule has 0 aliphatic carbocycles. The Bertz CT molecular complexity index is 81.4. The van der Waals surface area contributed by atoms with E-state index in [9.17, 15) is 0 Å². The fourth-order valence-electron chi connectivity index (χ4n) is 0.695. The predicted molar refractivity (Wildman–Crippen MR) is 60.4 cm³/mol. The van der Waals surface area contributed by atoms with Gasteiger partial charge in [-0.2, -0.15) is 0 Å². The third-order valence-electron chi connectivity index (χ3n) is 1.16. The maximum Gasteiger partial charge on any atom is 0.0314 e. The number of hydrogen-bond donors (Lipinski definition) is 0. The molecule has 2 unspecified atom stereocenters. The maximum atomic E-state index is 4.07. The zero-order chi connectivity index (χ0) is 7.65. The first-order valence-electron chi connectivity index (χ1n) is 3.04. The van der Waals surface area contributed by atoms with Gasteiger partial charge in [0.1, 0.15) is 0 Å². The van der Waals surface area contributed by atoms with Crippen molar-refractivity contribution in [3.8, 4) is 0 Å². The van der Waals surface area contributed by atoms with Crippen molar-refractivity contribution in [1.82, 2.24) is 0 Å². The fraction of sp³-hybridized carbons (Fsp3) is 0.857. The van der Waals surface area contributed by atoms with Crippen LogP contribution in [0.15, 0.2) is 0 Å². The highest BCUT2D eigenvalue weighted by Gasteiger charge is 2.25. The van der Waals surface area contributed by atoms with E-state index in [2.05, 4.69) is 72.9 Å². The van der Waals surface area contributed by atoms with Gasteiger partial charge in [-0.05, 0) is 19.8 Å². The Morgan fingerprint density at radius 3 is 1.78 bits per heavy atom. The SMILES string of the molecule is [CH2]C(C)(I)C(I)C(C)C. The normalized spacial score (nSPS) is 16.3. The molecule has 0 N–H and O–H groups in total. The minimum absolute atomic E-state index is 0.187. The van der Waals surface area contributed by atoms with Crippen LogP contribution in [0.4, 0.5) is 0 Å². The minimum Gasteiger partial charge on any atom is -0.0809 e. The Hall–Kier alpha value is 1.46. The third-order valence-corrected chi connectivity index (χ3v) is 5.84. The van der Waals surface area contributed by atoms with Crippen LogP contribution in [-0.2, 0) is 0 Å². The fourth-order valence-corrected chi connectivity index (χ4v) is 1.41. The summed E-state index contributed by atoms with van der Waals surface area (Å²) in [5, 5.41) is 0. The molecule has 0 saturated carbocycles. The molecular formula is C7H13I2. The maximum absolute atomic E-state index is 4.07. The highest BCUT2D eigenvalue weighted by atomic mass is 127. The molecule has 0 aromatic carbocycles. The molecule has 0 aliphatic rings. The molecule has 55 valence electrons. The molecule has 0 aromatic rings. The average molecular weight is 351 g/mol. The number of alkyl halides is 2. The van der Waals surface area contributed by atoms with Gasteiger partial charge < -0.3 is 0 Å². The van der Waals surface area contributed by atoms with E-state index < -0.39 is 0 Å². The largest absolute Gasteiger partial charge is 0.0809 e. The van der Waals surface area contributed by atoms with Crippen molar-refractivity contribution >= 4 is 45.2 Å². The number of hydrogen-bond acceptors (Lipinski definition) is 0. The van der Waals surface area contributed by atoms with E-state index in [1.807, 2.05) is 0 Å². The molecule has 2 heteroatoms. The van der Waals surface area contributed by atoms with Gasteiger partial charge in [0, 0.05) is 7.35 Å². The van der Waals surface area contributed by atoms with Crippen LogP contribution in [-0.4, -0.2) is 7.35 Å². The lowest BCUT2D eigenvalue weighted by atomic mass is 10.0. The molecular weight excluding hydrogens is 338 g/mol. The summed E-state index contributed by atoms with van der Waals surface area (Å²) in [6.45, 7) is 10.7. The summed E-state index contributed by atoms with van der Waals surface area (Å²) in [5.41, 5.74) is 0. The summed E-state index contributed by atoms with van der Waals surface area (Å²) in [6, 6.07) is 0. The Balaban J connectivity index is 3.88. The summed E-state index contributed by atoms with van der Waals surface area (Å²) in [6.07, 6.45) is 0. The van der Waals surface area contributed by atoms with Gasteiger partial charge >= 0.3 is 0 Å². The predicted octanol–water partition coefficient (Wildman–Crippen LogP) is 3.47. The molecule has 0 amide bonds. The summed E-state index contributed by atoms with van der Waals surface area (Å²) in [5.74, 6) is 0.727. The quantitative estimate of drug-likeness (QED) is 0.528. The Morgan fingerprint density at radius 1 is 1.44 bits per heavy atom. The minimum atomic E-state index is 0.187. The second-order valence-electron chi connectivity index (χ2n) is 2.92. The second kappa shape index (κ2) is 3.74. The molecule has 9 heavy (non-hydrogen) atoms. The first kappa shape index (κ1) is 10.5. The van der Waals surface area contributed by atoms with Gasteiger partial charge in [0.2, 0.25) is 0 Å². The van der Waals surface area contributed by atoms with Gasteiger partial charge in [-0.1, -0.05) is 59.0 Å². The standard InChI is InChI=1S/C7H13I2/c1-5(2)6(8)7(3,4)9/h5-6H,3H2,1-2,4H3. The molecule has 0 heterocycles. The lowest BCUT2D eigenvalue weighted by Gasteiger charge is -2.26. The zero-order valence-electron chi connectivity index (χ0n) is 6.12. The smallest absolute Gasteiger partial charge is 0.0314 e. The molecule has 0 saturated heterocycles. The highest BCUT2D eigenvalue weighted by molar-refractivity contribution is 14.1. The summed E-state index contributed by atoms with van der Waals surface area (Å²) >= 11 is 4.87. The zero-order valence-corrected chi connectivity index (χ0v) is 10.4. The summed E-state index contributed by atoms with van der Waals surface area (Å²) in [7, 11) is 0. The van der Waals surface area contributed by atoms with Crippen LogP contribution >= 0.6 is 45.2 Å². The van der Waals surface area contributed by atoms with Crippen molar-refractivity contribution in [2.75, 3.05) is 0 Å². The van der Waals surface area contributed by atoms with Crippen LogP contribution < -0.4 is 0 Å². The van der Waals surface area contributed by atoms with Crippen LogP contribution in [0.5, 0.6) is 0 Å². The van der Waals surface area contributed by atoms with Crippen molar-refractivity contribution < 1.29 is 0 Å². The van der Waals surface area contributed by atoms with Gasteiger partial charge in [0.05, 0.1) is 0 Å². The van der Waals surface area contributed by atoms with Crippen LogP contribution in [0.25, 0.3) is 0 Å². The van der Waals surface area contributed by atoms with Crippen LogP contribution in [0.3, 0.4) is 0 Å². The van der Waals surface area contributed by atoms with Gasteiger partial charge in [-0.15, -0.1) is 0 Å². The third kappa shape index (κ3) is 4.01. The van der Waals surface area contributed by atoms with Gasteiger partial charge in [-0.25, -0.2) is 0 Å². The lowest BCUT2D eigenvalue weighted by molar-refractivity contribution is 0.581. The molecule has 1 radical (unpaired) electrons. The van der Waals surface area contributed by atoms with Crippen molar-refractivity contribution in [3.05, 3.63) is 6.92 Å². The molecule has 0 fully saturated rings. The van der Waals surface area contributed by atoms with E-state index in [1.54, 1.807) is 0 Å². The highest BCUT2D eigenvalue weighted by Crippen LogP contribution is 2.32. The Kier molecular flexibility index (Phi) is 4.34. The van der Waals surface area contributed by atoms with Gasteiger partial charge in [0.15, 0.2) is 0 Å². The first-order valence-corrected chi connectivity index (χ1v) is 5.36. The first-order chi connectivity index (χ1) is 3.85. The molecule has 2 atom stereocenters. The second-order valence-corrected chi connectivity index (χ2v) is 6.73. The van der Waals surface area contributed by atoms with Gasteiger partial charge in [0.25, 0.3) is 0 Å². The van der Waals surface area contributed by atoms with E-state index in [4.69, 9.17) is 0 Å². The van der Waals surface area contributed by atoms with Crippen LogP contribution in [0.1, 0.15) is 20.8 Å². The van der Waals surface area contributed by atoms with E-state index in [0.717, 1.165) is 5.92 Å². The summed E-state index contributed by atoms with van der Waals surface area (Å²) in [4.78, 5) is 0. The summed E-state index contributed by atoms with van der Waals surface area (Å²) < 4.78 is 0.850. The van der Waals surface area contributed by atoms with Crippen molar-refractivity contribution in [1.29, 1.82) is 0 Å². The molecule has 0 rings (SSSR count). The molecule has 0 nitrogen and oxygen atoms in total. The van der Waals surface area contributed by atoms with Gasteiger partial charge in [-0.3, -0.25) is 0 Å². The van der Waals surface area contributed by atoms with E-state index >= 15 is 0 Å².